The molecular weight excluding hydrogens is 360 g/mol. The lowest BCUT2D eigenvalue weighted by Gasteiger charge is -2.22. The predicted octanol–water partition coefficient (Wildman–Crippen LogP) is 1.22. The first-order valence-corrected chi connectivity index (χ1v) is 9.47. The fraction of sp³-hybridized carbons (Fsp3) is 0.500. The highest BCUT2D eigenvalue weighted by Gasteiger charge is 2.49. The van der Waals surface area contributed by atoms with Crippen molar-refractivity contribution in [3.8, 4) is 0 Å². The van der Waals surface area contributed by atoms with Crippen LogP contribution in [0.5, 0.6) is 0 Å². The minimum absolute atomic E-state index is 0.198. The molecule has 0 unspecified atom stereocenters. The van der Waals surface area contributed by atoms with E-state index >= 15 is 0 Å². The fourth-order valence-corrected chi connectivity index (χ4v) is 2.94. The number of amides is 5. The van der Waals surface area contributed by atoms with E-state index in [1.165, 1.54) is 0 Å². The van der Waals surface area contributed by atoms with Crippen molar-refractivity contribution in [1.29, 1.82) is 0 Å². The molecule has 1 heterocycles. The third kappa shape index (κ3) is 4.68. The van der Waals surface area contributed by atoms with Gasteiger partial charge in [0.25, 0.3) is 5.91 Å². The molecule has 152 valence electrons. The summed E-state index contributed by atoms with van der Waals surface area (Å²) < 4.78 is 0. The SMILES string of the molecule is CCCNC(=O)CNC(=O)CN1C(=O)N[C@@](C)(c2ccc(C(C)C)cc2)C1=O. The molecule has 1 aromatic carbocycles. The van der Waals surface area contributed by atoms with Crippen molar-refractivity contribution in [2.75, 3.05) is 19.6 Å². The minimum atomic E-state index is -1.23. The molecule has 5 amide bonds. The van der Waals surface area contributed by atoms with E-state index in [1.807, 2.05) is 31.2 Å². The zero-order chi connectivity index (χ0) is 20.9. The number of rotatable bonds is 8. The number of nitrogens with zero attached hydrogens (tertiary/aromatic N) is 1. The van der Waals surface area contributed by atoms with Gasteiger partial charge in [-0.1, -0.05) is 45.0 Å². The van der Waals surface area contributed by atoms with Gasteiger partial charge in [0.15, 0.2) is 0 Å². The van der Waals surface area contributed by atoms with Crippen molar-refractivity contribution in [3.63, 3.8) is 0 Å². The number of carbonyl (C=O) groups is 4. The topological polar surface area (TPSA) is 108 Å². The largest absolute Gasteiger partial charge is 0.355 e. The molecule has 1 fully saturated rings. The Balaban J connectivity index is 2.02. The summed E-state index contributed by atoms with van der Waals surface area (Å²) in [6, 6.07) is 6.85. The van der Waals surface area contributed by atoms with E-state index in [0.29, 0.717) is 18.0 Å². The van der Waals surface area contributed by atoms with Crippen LogP contribution < -0.4 is 16.0 Å². The number of hydrogen-bond acceptors (Lipinski definition) is 4. The van der Waals surface area contributed by atoms with E-state index in [4.69, 9.17) is 0 Å². The smallest absolute Gasteiger partial charge is 0.325 e. The standard InChI is InChI=1S/C20H28N4O4/c1-5-10-21-16(25)11-22-17(26)12-24-18(27)20(4,23-19(24)28)15-8-6-14(7-9-15)13(2)3/h6-9,13H,5,10-12H2,1-4H3,(H,21,25)(H,22,26)(H,23,28)/t20-/m0/s1. The van der Waals surface area contributed by atoms with E-state index in [1.54, 1.807) is 6.92 Å². The Labute approximate surface area is 165 Å². The van der Waals surface area contributed by atoms with Crippen LogP contribution in [0, 0.1) is 0 Å². The Morgan fingerprint density at radius 2 is 1.75 bits per heavy atom. The van der Waals surface area contributed by atoms with Crippen molar-refractivity contribution >= 4 is 23.8 Å². The Hall–Kier alpha value is -2.90. The molecule has 0 spiro atoms. The van der Waals surface area contributed by atoms with Crippen molar-refractivity contribution in [2.24, 2.45) is 0 Å². The minimum Gasteiger partial charge on any atom is -0.355 e. The Morgan fingerprint density at radius 3 is 2.32 bits per heavy atom. The molecule has 8 heteroatoms. The van der Waals surface area contributed by atoms with Crippen molar-refractivity contribution in [1.82, 2.24) is 20.9 Å². The molecule has 1 aliphatic rings. The van der Waals surface area contributed by atoms with Gasteiger partial charge in [0.2, 0.25) is 11.8 Å². The lowest BCUT2D eigenvalue weighted by molar-refractivity contribution is -0.135. The Bertz CT molecular complexity index is 760. The molecule has 2 rings (SSSR count). The third-order valence-corrected chi connectivity index (χ3v) is 4.75. The van der Waals surface area contributed by atoms with Gasteiger partial charge in [0.05, 0.1) is 6.54 Å². The predicted molar refractivity (Wildman–Crippen MR) is 104 cm³/mol. The average Bonchev–Trinajstić information content (AvgIpc) is 2.88. The molecule has 28 heavy (non-hydrogen) atoms. The second-order valence-electron chi connectivity index (χ2n) is 7.35. The number of benzene rings is 1. The Morgan fingerprint density at radius 1 is 1.11 bits per heavy atom. The van der Waals surface area contributed by atoms with E-state index in [2.05, 4.69) is 29.8 Å². The van der Waals surface area contributed by atoms with Gasteiger partial charge in [-0.3, -0.25) is 19.3 Å². The molecule has 0 saturated carbocycles. The van der Waals surface area contributed by atoms with Crippen LogP contribution in [0.3, 0.4) is 0 Å². The maximum atomic E-state index is 12.9. The summed E-state index contributed by atoms with van der Waals surface area (Å²) in [5.41, 5.74) is 0.546. The molecule has 1 saturated heterocycles. The normalized spacial score (nSPS) is 19.0. The van der Waals surface area contributed by atoms with Gasteiger partial charge in [0, 0.05) is 6.54 Å². The summed E-state index contributed by atoms with van der Waals surface area (Å²) in [6.45, 7) is 7.57. The van der Waals surface area contributed by atoms with Crippen molar-refractivity contribution < 1.29 is 19.2 Å². The van der Waals surface area contributed by atoms with Gasteiger partial charge in [-0.25, -0.2) is 4.79 Å². The highest BCUT2D eigenvalue weighted by Crippen LogP contribution is 2.29. The van der Waals surface area contributed by atoms with Gasteiger partial charge < -0.3 is 16.0 Å². The summed E-state index contributed by atoms with van der Waals surface area (Å²) in [7, 11) is 0. The molecule has 1 aliphatic heterocycles. The van der Waals surface area contributed by atoms with Gasteiger partial charge in [0.1, 0.15) is 12.1 Å². The number of imide groups is 1. The zero-order valence-corrected chi connectivity index (χ0v) is 16.8. The second kappa shape index (κ2) is 8.86. The Kier molecular flexibility index (Phi) is 6.77. The first kappa shape index (κ1) is 21.4. The van der Waals surface area contributed by atoms with Gasteiger partial charge in [-0.05, 0) is 30.4 Å². The third-order valence-electron chi connectivity index (χ3n) is 4.75. The van der Waals surface area contributed by atoms with Crippen LogP contribution in [0.2, 0.25) is 0 Å². The van der Waals surface area contributed by atoms with E-state index < -0.39 is 29.9 Å². The van der Waals surface area contributed by atoms with E-state index in [9.17, 15) is 19.2 Å². The lowest BCUT2D eigenvalue weighted by atomic mass is 9.90. The van der Waals surface area contributed by atoms with Crippen molar-refractivity contribution in [3.05, 3.63) is 35.4 Å². The summed E-state index contributed by atoms with van der Waals surface area (Å²) in [4.78, 5) is 49.6. The quantitative estimate of drug-likeness (QED) is 0.582. The molecule has 0 aliphatic carbocycles. The molecule has 1 atom stereocenters. The summed E-state index contributed by atoms with van der Waals surface area (Å²) >= 11 is 0. The average molecular weight is 388 g/mol. The zero-order valence-electron chi connectivity index (χ0n) is 16.8. The molecule has 0 aromatic heterocycles. The monoisotopic (exact) mass is 388 g/mol. The van der Waals surface area contributed by atoms with Crippen LogP contribution >= 0.6 is 0 Å². The van der Waals surface area contributed by atoms with Crippen molar-refractivity contribution in [2.45, 2.75) is 45.6 Å². The molecule has 0 radical (unpaired) electrons. The number of carbonyl (C=O) groups excluding carboxylic acids is 4. The maximum Gasteiger partial charge on any atom is 0.325 e. The van der Waals surface area contributed by atoms with Crippen LogP contribution in [0.25, 0.3) is 0 Å². The van der Waals surface area contributed by atoms with E-state index in [-0.39, 0.29) is 12.5 Å². The van der Waals surface area contributed by atoms with Crippen LogP contribution in [0.1, 0.15) is 51.2 Å². The summed E-state index contributed by atoms with van der Waals surface area (Å²) in [5, 5.41) is 7.73. The van der Waals surface area contributed by atoms with Gasteiger partial charge >= 0.3 is 6.03 Å². The fourth-order valence-electron chi connectivity index (χ4n) is 2.94. The number of nitrogens with one attached hydrogen (secondary N) is 3. The first-order valence-electron chi connectivity index (χ1n) is 9.47. The molecule has 1 aromatic rings. The molecular formula is C20H28N4O4. The first-order chi connectivity index (χ1) is 13.2. The molecule has 0 bridgehead atoms. The summed E-state index contributed by atoms with van der Waals surface area (Å²) in [6.07, 6.45) is 0.791. The highest BCUT2D eigenvalue weighted by molar-refractivity contribution is 6.09. The molecule has 3 N–H and O–H groups in total. The lowest BCUT2D eigenvalue weighted by Crippen LogP contribution is -2.45. The van der Waals surface area contributed by atoms with Crippen LogP contribution in [0.15, 0.2) is 24.3 Å². The van der Waals surface area contributed by atoms with Gasteiger partial charge in [-0.15, -0.1) is 0 Å². The highest BCUT2D eigenvalue weighted by atomic mass is 16.2. The van der Waals surface area contributed by atoms with Gasteiger partial charge in [-0.2, -0.15) is 0 Å². The number of urea groups is 1. The number of hydrogen-bond donors (Lipinski definition) is 3. The summed E-state index contributed by atoms with van der Waals surface area (Å²) in [5.74, 6) is -1.04. The second-order valence-corrected chi connectivity index (χ2v) is 7.35. The van der Waals surface area contributed by atoms with Crippen LogP contribution in [-0.4, -0.2) is 48.3 Å². The van der Waals surface area contributed by atoms with Crippen LogP contribution in [0.4, 0.5) is 4.79 Å². The maximum absolute atomic E-state index is 12.9. The van der Waals surface area contributed by atoms with Crippen LogP contribution in [-0.2, 0) is 19.9 Å². The van der Waals surface area contributed by atoms with E-state index in [0.717, 1.165) is 16.9 Å². The molecule has 8 nitrogen and oxygen atoms in total.